The lowest BCUT2D eigenvalue weighted by atomic mass is 10.1. The van der Waals surface area contributed by atoms with Gasteiger partial charge in [-0.15, -0.1) is 0 Å². The zero-order chi connectivity index (χ0) is 21.1. The second kappa shape index (κ2) is 12.2. The number of aliphatic hydroxyl groups is 1. The van der Waals surface area contributed by atoms with Crippen molar-refractivity contribution in [2.75, 3.05) is 6.54 Å². The second-order valence-corrected chi connectivity index (χ2v) is 6.42. The van der Waals surface area contributed by atoms with Gasteiger partial charge in [-0.1, -0.05) is 6.42 Å². The molecule has 0 radical (unpaired) electrons. The average Bonchev–Trinajstić information content (AvgIpc) is 2.58. The number of rotatable bonds is 12. The molecule has 0 saturated carbocycles. The molecule has 0 bridgehead atoms. The fourth-order valence-corrected chi connectivity index (χ4v) is 2.10. The van der Waals surface area contributed by atoms with Crippen LogP contribution in [0.15, 0.2) is 0 Å². The van der Waals surface area contributed by atoms with E-state index in [0.29, 0.717) is 19.4 Å². The van der Waals surface area contributed by atoms with Gasteiger partial charge in [-0.3, -0.25) is 14.4 Å². The molecule has 0 aromatic heterocycles. The Morgan fingerprint density at radius 3 is 1.81 bits per heavy atom. The molecule has 5 unspecified atom stereocenters. The van der Waals surface area contributed by atoms with Gasteiger partial charge in [0, 0.05) is 0 Å². The Balaban J connectivity index is 4.54. The molecular weight excluding hydrogens is 358 g/mol. The van der Waals surface area contributed by atoms with Gasteiger partial charge in [0.15, 0.2) is 6.04 Å². The van der Waals surface area contributed by atoms with E-state index < -0.39 is 54.0 Å². The van der Waals surface area contributed by atoms with Crippen LogP contribution in [0.1, 0.15) is 40.0 Å². The number of amides is 3. The van der Waals surface area contributed by atoms with Crippen molar-refractivity contribution in [3.63, 3.8) is 0 Å². The van der Waals surface area contributed by atoms with Gasteiger partial charge in [-0.2, -0.15) is 0 Å². The SMILES string of the molecule is CC(NC(=O)C(N)CCCCN)C(=O)NC(C)C(=O)NC(C(=O)O)C(C)O. The van der Waals surface area contributed by atoms with Crippen molar-refractivity contribution in [2.45, 2.75) is 70.3 Å². The van der Waals surface area contributed by atoms with Crippen LogP contribution >= 0.6 is 0 Å². The molecule has 9 N–H and O–H groups in total. The Morgan fingerprint density at radius 1 is 0.889 bits per heavy atom. The first-order valence-corrected chi connectivity index (χ1v) is 8.78. The van der Waals surface area contributed by atoms with Gasteiger partial charge in [-0.25, -0.2) is 4.79 Å². The number of carboxylic acid groups (broad SMARTS) is 1. The van der Waals surface area contributed by atoms with Gasteiger partial charge in [0.1, 0.15) is 12.1 Å². The summed E-state index contributed by atoms with van der Waals surface area (Å²) in [6, 6.07) is -4.29. The van der Waals surface area contributed by atoms with Crippen LogP contribution in [0, 0.1) is 0 Å². The Hall–Kier alpha value is -2.24. The minimum absolute atomic E-state index is 0.437. The highest BCUT2D eigenvalue weighted by Gasteiger charge is 2.28. The molecule has 0 fully saturated rings. The number of carboxylic acids is 1. The lowest BCUT2D eigenvalue weighted by Crippen LogP contribution is -2.56. The van der Waals surface area contributed by atoms with Gasteiger partial charge >= 0.3 is 5.97 Å². The Labute approximate surface area is 158 Å². The summed E-state index contributed by atoms with van der Waals surface area (Å²) in [5, 5.41) is 25.3. The van der Waals surface area contributed by atoms with Gasteiger partial charge in [-0.05, 0) is 40.2 Å². The Bertz CT molecular complexity index is 527. The minimum atomic E-state index is -1.50. The van der Waals surface area contributed by atoms with E-state index in [9.17, 15) is 24.3 Å². The highest BCUT2D eigenvalue weighted by molar-refractivity contribution is 5.93. The Kier molecular flexibility index (Phi) is 11.2. The number of carbonyl (C=O) groups excluding carboxylic acids is 3. The maximum absolute atomic E-state index is 12.1. The number of nitrogens with two attached hydrogens (primary N) is 2. The third-order valence-corrected chi connectivity index (χ3v) is 3.86. The number of aliphatic carboxylic acids is 1. The highest BCUT2D eigenvalue weighted by atomic mass is 16.4. The minimum Gasteiger partial charge on any atom is -0.480 e. The zero-order valence-electron chi connectivity index (χ0n) is 15.9. The third kappa shape index (κ3) is 9.31. The molecule has 27 heavy (non-hydrogen) atoms. The quantitative estimate of drug-likeness (QED) is 0.176. The summed E-state index contributed by atoms with van der Waals surface area (Å²) in [6.45, 7) is 4.50. The maximum atomic E-state index is 12.1. The first kappa shape index (κ1) is 24.8. The highest BCUT2D eigenvalue weighted by Crippen LogP contribution is 1.99. The van der Waals surface area contributed by atoms with E-state index in [1.165, 1.54) is 20.8 Å². The van der Waals surface area contributed by atoms with Crippen LogP contribution in [0.2, 0.25) is 0 Å². The molecular formula is C16H31N5O6. The Morgan fingerprint density at radius 2 is 1.37 bits per heavy atom. The predicted octanol–water partition coefficient (Wildman–Crippen LogP) is -2.60. The normalized spacial score (nSPS) is 16.4. The van der Waals surface area contributed by atoms with Crippen LogP contribution in [-0.4, -0.2) is 70.7 Å². The molecule has 5 atom stereocenters. The van der Waals surface area contributed by atoms with Crippen molar-refractivity contribution in [2.24, 2.45) is 11.5 Å². The van der Waals surface area contributed by atoms with Crippen molar-refractivity contribution in [1.82, 2.24) is 16.0 Å². The number of hydrogen-bond acceptors (Lipinski definition) is 7. The number of nitrogens with one attached hydrogen (secondary N) is 3. The third-order valence-electron chi connectivity index (χ3n) is 3.86. The van der Waals surface area contributed by atoms with Gasteiger partial charge in [0.2, 0.25) is 17.7 Å². The molecule has 0 rings (SSSR count). The maximum Gasteiger partial charge on any atom is 0.328 e. The van der Waals surface area contributed by atoms with Gasteiger partial charge in [0.25, 0.3) is 0 Å². The van der Waals surface area contributed by atoms with Crippen molar-refractivity contribution in [3.05, 3.63) is 0 Å². The van der Waals surface area contributed by atoms with Crippen molar-refractivity contribution in [3.8, 4) is 0 Å². The molecule has 11 heteroatoms. The van der Waals surface area contributed by atoms with E-state index in [-0.39, 0.29) is 0 Å². The van der Waals surface area contributed by atoms with Gasteiger partial charge in [0.05, 0.1) is 12.1 Å². The smallest absolute Gasteiger partial charge is 0.328 e. The van der Waals surface area contributed by atoms with Crippen molar-refractivity contribution < 1.29 is 29.4 Å². The summed E-state index contributed by atoms with van der Waals surface area (Å²) < 4.78 is 0. The molecule has 0 spiro atoms. The molecule has 0 aliphatic rings. The van der Waals surface area contributed by atoms with Crippen LogP contribution in [0.3, 0.4) is 0 Å². The number of unbranched alkanes of at least 4 members (excludes halogenated alkanes) is 1. The molecule has 11 nitrogen and oxygen atoms in total. The van der Waals surface area contributed by atoms with Crippen LogP contribution < -0.4 is 27.4 Å². The average molecular weight is 389 g/mol. The fourth-order valence-electron chi connectivity index (χ4n) is 2.10. The van der Waals surface area contributed by atoms with Crippen LogP contribution in [0.25, 0.3) is 0 Å². The molecule has 0 saturated heterocycles. The van der Waals surface area contributed by atoms with E-state index in [1.807, 2.05) is 0 Å². The van der Waals surface area contributed by atoms with E-state index in [1.54, 1.807) is 0 Å². The molecule has 0 aliphatic heterocycles. The zero-order valence-corrected chi connectivity index (χ0v) is 15.9. The first-order valence-electron chi connectivity index (χ1n) is 8.78. The van der Waals surface area contributed by atoms with Crippen LogP contribution in [-0.2, 0) is 19.2 Å². The predicted molar refractivity (Wildman–Crippen MR) is 97.3 cm³/mol. The standard InChI is InChI=1S/C16H31N5O6/c1-8(20-15(25)11(18)6-4-5-7-17)13(23)19-9(2)14(24)21-12(10(3)22)16(26)27/h8-12,22H,4-7,17-18H2,1-3H3,(H,19,23)(H,20,25)(H,21,24)(H,26,27). The van der Waals surface area contributed by atoms with E-state index in [4.69, 9.17) is 16.6 Å². The summed E-state index contributed by atoms with van der Waals surface area (Å²) in [4.78, 5) is 47.0. The molecule has 0 aromatic carbocycles. The fraction of sp³-hybridized carbons (Fsp3) is 0.750. The topological polar surface area (TPSA) is 197 Å². The summed E-state index contributed by atoms with van der Waals surface area (Å²) in [7, 11) is 0. The largest absolute Gasteiger partial charge is 0.480 e. The van der Waals surface area contributed by atoms with Crippen LogP contribution in [0.4, 0.5) is 0 Å². The van der Waals surface area contributed by atoms with Gasteiger partial charge < -0.3 is 37.6 Å². The van der Waals surface area contributed by atoms with Crippen LogP contribution in [0.5, 0.6) is 0 Å². The lowest BCUT2D eigenvalue weighted by molar-refractivity contribution is -0.145. The summed E-state index contributed by atoms with van der Waals surface area (Å²) in [5.74, 6) is -3.31. The number of aliphatic hydroxyl groups excluding tert-OH is 1. The van der Waals surface area contributed by atoms with E-state index >= 15 is 0 Å². The molecule has 0 aliphatic carbocycles. The summed E-state index contributed by atoms with van der Waals surface area (Å²) in [6.07, 6.45) is 0.560. The van der Waals surface area contributed by atoms with Crippen molar-refractivity contribution in [1.29, 1.82) is 0 Å². The van der Waals surface area contributed by atoms with E-state index in [0.717, 1.165) is 6.42 Å². The molecule has 156 valence electrons. The van der Waals surface area contributed by atoms with Crippen molar-refractivity contribution >= 4 is 23.7 Å². The molecule has 0 aromatic rings. The summed E-state index contributed by atoms with van der Waals surface area (Å²) >= 11 is 0. The number of carbonyl (C=O) groups is 4. The lowest BCUT2D eigenvalue weighted by Gasteiger charge is -2.22. The molecule has 3 amide bonds. The number of hydrogen-bond donors (Lipinski definition) is 7. The summed E-state index contributed by atoms with van der Waals surface area (Å²) in [5.41, 5.74) is 11.1. The molecule has 0 heterocycles. The van der Waals surface area contributed by atoms with E-state index in [2.05, 4.69) is 16.0 Å². The second-order valence-electron chi connectivity index (χ2n) is 6.42. The first-order chi connectivity index (χ1) is 12.5. The monoisotopic (exact) mass is 389 g/mol.